The molecule has 102 valence electrons. The predicted molar refractivity (Wildman–Crippen MR) is 76.9 cm³/mol. The molecule has 0 aliphatic rings. The highest BCUT2D eigenvalue weighted by Crippen LogP contribution is 2.23. The van der Waals surface area contributed by atoms with E-state index in [1.54, 1.807) is 23.5 Å². The van der Waals surface area contributed by atoms with Crippen molar-refractivity contribution in [1.29, 1.82) is 0 Å². The first-order valence-electron chi connectivity index (χ1n) is 6.39. The number of benzene rings is 1. The van der Waals surface area contributed by atoms with Gasteiger partial charge in [-0.25, -0.2) is 4.39 Å². The number of anilines is 1. The van der Waals surface area contributed by atoms with Crippen LogP contribution in [0.1, 0.15) is 37.4 Å². The van der Waals surface area contributed by atoms with Crippen molar-refractivity contribution in [3.05, 3.63) is 40.7 Å². The van der Waals surface area contributed by atoms with Crippen LogP contribution >= 0.6 is 11.3 Å². The molecular weight excluding hydrogens is 261 g/mol. The molecule has 1 aromatic heterocycles. The van der Waals surface area contributed by atoms with Crippen molar-refractivity contribution in [2.75, 3.05) is 5.32 Å². The summed E-state index contributed by atoms with van der Waals surface area (Å²) in [6.07, 6.45) is 0.949. The van der Waals surface area contributed by atoms with Gasteiger partial charge in [-0.15, -0.1) is 10.2 Å². The standard InChI is InChI=1S/C14H18FN3S/c1-9(2)8-13-17-18-14(19-13)16-10(3)11-4-6-12(15)7-5-11/h4-7,9-10H,8H2,1-3H3,(H,16,18). The van der Waals surface area contributed by atoms with E-state index in [1.807, 2.05) is 6.92 Å². The topological polar surface area (TPSA) is 37.8 Å². The fourth-order valence-electron chi connectivity index (χ4n) is 1.76. The second-order valence-electron chi connectivity index (χ2n) is 5.02. The Morgan fingerprint density at radius 1 is 1.16 bits per heavy atom. The van der Waals surface area contributed by atoms with Crippen LogP contribution in [0.2, 0.25) is 0 Å². The molecule has 2 aromatic rings. The van der Waals surface area contributed by atoms with Crippen LogP contribution in [0.25, 0.3) is 0 Å². The van der Waals surface area contributed by atoms with Crippen LogP contribution in [-0.4, -0.2) is 10.2 Å². The number of rotatable bonds is 5. The minimum atomic E-state index is -0.217. The van der Waals surface area contributed by atoms with Gasteiger partial charge >= 0.3 is 0 Å². The molecule has 1 atom stereocenters. The van der Waals surface area contributed by atoms with Gasteiger partial charge < -0.3 is 5.32 Å². The number of nitrogens with zero attached hydrogens (tertiary/aromatic N) is 2. The minimum absolute atomic E-state index is 0.0837. The minimum Gasteiger partial charge on any atom is -0.354 e. The van der Waals surface area contributed by atoms with E-state index in [9.17, 15) is 4.39 Å². The van der Waals surface area contributed by atoms with Crippen LogP contribution in [-0.2, 0) is 6.42 Å². The van der Waals surface area contributed by atoms with E-state index < -0.39 is 0 Å². The second kappa shape index (κ2) is 6.10. The van der Waals surface area contributed by atoms with E-state index in [-0.39, 0.29) is 11.9 Å². The molecule has 0 aliphatic carbocycles. The van der Waals surface area contributed by atoms with Crippen LogP contribution in [0.4, 0.5) is 9.52 Å². The Morgan fingerprint density at radius 2 is 1.84 bits per heavy atom. The summed E-state index contributed by atoms with van der Waals surface area (Å²) in [6, 6.07) is 6.59. The van der Waals surface area contributed by atoms with E-state index in [1.165, 1.54) is 12.1 Å². The third-order valence-corrected chi connectivity index (χ3v) is 3.64. The van der Waals surface area contributed by atoms with Crippen LogP contribution in [0.15, 0.2) is 24.3 Å². The van der Waals surface area contributed by atoms with E-state index >= 15 is 0 Å². The number of hydrogen-bond acceptors (Lipinski definition) is 4. The summed E-state index contributed by atoms with van der Waals surface area (Å²) in [6.45, 7) is 6.35. The lowest BCUT2D eigenvalue weighted by molar-refractivity contribution is 0.626. The van der Waals surface area contributed by atoms with Crippen LogP contribution < -0.4 is 5.32 Å². The van der Waals surface area contributed by atoms with Crippen molar-refractivity contribution in [2.24, 2.45) is 5.92 Å². The van der Waals surface area contributed by atoms with Gasteiger partial charge in [-0.3, -0.25) is 0 Å². The Balaban J connectivity index is 2.00. The molecule has 3 nitrogen and oxygen atoms in total. The van der Waals surface area contributed by atoms with E-state index in [4.69, 9.17) is 0 Å². The number of halogens is 1. The Morgan fingerprint density at radius 3 is 2.47 bits per heavy atom. The fraction of sp³-hybridized carbons (Fsp3) is 0.429. The van der Waals surface area contributed by atoms with E-state index in [0.29, 0.717) is 5.92 Å². The van der Waals surface area contributed by atoms with Crippen molar-refractivity contribution in [2.45, 2.75) is 33.2 Å². The molecule has 0 fully saturated rings. The predicted octanol–water partition coefficient (Wildman–Crippen LogP) is 4.05. The van der Waals surface area contributed by atoms with Crippen molar-refractivity contribution in [1.82, 2.24) is 10.2 Å². The van der Waals surface area contributed by atoms with Gasteiger partial charge in [0, 0.05) is 6.42 Å². The highest BCUT2D eigenvalue weighted by atomic mass is 32.1. The molecule has 0 aliphatic heterocycles. The van der Waals surface area contributed by atoms with Crippen LogP contribution in [0, 0.1) is 11.7 Å². The van der Waals surface area contributed by atoms with Gasteiger partial charge in [0.05, 0.1) is 6.04 Å². The molecule has 2 rings (SSSR count). The maximum atomic E-state index is 12.9. The fourth-order valence-corrected chi connectivity index (χ4v) is 2.80. The lowest BCUT2D eigenvalue weighted by atomic mass is 10.1. The van der Waals surface area contributed by atoms with Crippen LogP contribution in [0.5, 0.6) is 0 Å². The zero-order valence-corrected chi connectivity index (χ0v) is 12.2. The van der Waals surface area contributed by atoms with Gasteiger partial charge in [0.2, 0.25) is 5.13 Å². The molecule has 5 heteroatoms. The molecule has 19 heavy (non-hydrogen) atoms. The molecular formula is C14H18FN3S. The third-order valence-electron chi connectivity index (χ3n) is 2.76. The first-order chi connectivity index (χ1) is 9.04. The van der Waals surface area contributed by atoms with Gasteiger partial charge in [0.1, 0.15) is 10.8 Å². The zero-order valence-electron chi connectivity index (χ0n) is 11.4. The summed E-state index contributed by atoms with van der Waals surface area (Å²) >= 11 is 1.58. The van der Waals surface area contributed by atoms with Gasteiger partial charge in [0.25, 0.3) is 0 Å². The Hall–Kier alpha value is -1.49. The normalized spacial score (nSPS) is 12.7. The quantitative estimate of drug-likeness (QED) is 0.897. The molecule has 0 bridgehead atoms. The van der Waals surface area contributed by atoms with Gasteiger partial charge in [-0.2, -0.15) is 0 Å². The summed E-state index contributed by atoms with van der Waals surface area (Å²) in [4.78, 5) is 0. The molecule has 0 radical (unpaired) electrons. The lowest BCUT2D eigenvalue weighted by Gasteiger charge is -2.12. The van der Waals surface area contributed by atoms with Gasteiger partial charge in [-0.1, -0.05) is 37.3 Å². The zero-order chi connectivity index (χ0) is 13.8. The van der Waals surface area contributed by atoms with Crippen LogP contribution in [0.3, 0.4) is 0 Å². The monoisotopic (exact) mass is 279 g/mol. The molecule has 1 aromatic carbocycles. The summed E-state index contributed by atoms with van der Waals surface area (Å²) in [5, 5.41) is 13.5. The van der Waals surface area contributed by atoms with Crippen molar-refractivity contribution >= 4 is 16.5 Å². The van der Waals surface area contributed by atoms with E-state index in [0.717, 1.165) is 22.1 Å². The summed E-state index contributed by atoms with van der Waals surface area (Å²) < 4.78 is 12.9. The lowest BCUT2D eigenvalue weighted by Crippen LogP contribution is -2.06. The first-order valence-corrected chi connectivity index (χ1v) is 7.20. The Bertz CT molecular complexity index is 522. The molecule has 1 N–H and O–H groups in total. The molecule has 0 saturated carbocycles. The van der Waals surface area contributed by atoms with Gasteiger partial charge in [-0.05, 0) is 30.5 Å². The van der Waals surface area contributed by atoms with Gasteiger partial charge in [0.15, 0.2) is 0 Å². The number of hydrogen-bond donors (Lipinski definition) is 1. The second-order valence-corrected chi connectivity index (χ2v) is 6.08. The molecule has 0 amide bonds. The first kappa shape index (κ1) is 13.9. The van der Waals surface area contributed by atoms with Crippen molar-refractivity contribution < 1.29 is 4.39 Å². The third kappa shape index (κ3) is 3.99. The molecule has 1 unspecified atom stereocenters. The number of aromatic nitrogens is 2. The molecule has 1 heterocycles. The highest BCUT2D eigenvalue weighted by Gasteiger charge is 2.10. The average molecular weight is 279 g/mol. The van der Waals surface area contributed by atoms with E-state index in [2.05, 4.69) is 29.4 Å². The molecule has 0 saturated heterocycles. The summed E-state index contributed by atoms with van der Waals surface area (Å²) in [5.74, 6) is 0.362. The Kier molecular flexibility index (Phi) is 4.47. The average Bonchev–Trinajstić information content (AvgIpc) is 2.76. The molecule has 0 spiro atoms. The van der Waals surface area contributed by atoms with Crippen molar-refractivity contribution in [3.8, 4) is 0 Å². The smallest absolute Gasteiger partial charge is 0.206 e. The summed E-state index contributed by atoms with van der Waals surface area (Å²) in [7, 11) is 0. The largest absolute Gasteiger partial charge is 0.354 e. The highest BCUT2D eigenvalue weighted by molar-refractivity contribution is 7.15. The Labute approximate surface area is 116 Å². The SMILES string of the molecule is CC(C)Cc1nnc(NC(C)c2ccc(F)cc2)s1. The van der Waals surface area contributed by atoms with Crippen molar-refractivity contribution in [3.63, 3.8) is 0 Å². The summed E-state index contributed by atoms with van der Waals surface area (Å²) in [5.41, 5.74) is 1.03. The number of nitrogens with one attached hydrogen (secondary N) is 1. The maximum Gasteiger partial charge on any atom is 0.206 e. The maximum absolute atomic E-state index is 12.9.